The maximum Gasteiger partial charge on any atom is 0.146 e. The fourth-order valence-electron chi connectivity index (χ4n) is 7.14. The molecule has 0 aliphatic heterocycles. The molecule has 0 spiro atoms. The van der Waals surface area contributed by atoms with Crippen LogP contribution in [0.15, 0.2) is 140 Å². The lowest BCUT2D eigenvalue weighted by Crippen LogP contribution is -1.95. The van der Waals surface area contributed by atoms with Gasteiger partial charge < -0.3 is 9.13 Å². The van der Waals surface area contributed by atoms with Crippen molar-refractivity contribution in [3.05, 3.63) is 140 Å². The average molecular weight is 550 g/mol. The molecule has 0 saturated carbocycles. The van der Waals surface area contributed by atoms with Gasteiger partial charge in [-0.1, -0.05) is 54.6 Å². The van der Waals surface area contributed by atoms with E-state index in [2.05, 4.69) is 140 Å². The number of fused-ring (bicyclic) bond motifs is 12. The van der Waals surface area contributed by atoms with Gasteiger partial charge >= 0.3 is 0 Å². The summed E-state index contributed by atoms with van der Waals surface area (Å²) in [5, 5.41) is 8.30. The molecule has 0 N–H and O–H groups in total. The molecule has 5 aromatic heterocycles. The first kappa shape index (κ1) is 22.7. The first-order valence-electron chi connectivity index (χ1n) is 14.5. The normalized spacial score (nSPS) is 12.2. The van der Waals surface area contributed by atoms with Crippen molar-refractivity contribution in [2.45, 2.75) is 0 Å². The van der Waals surface area contributed by atoms with E-state index in [9.17, 15) is 0 Å². The molecule has 10 aromatic rings. The van der Waals surface area contributed by atoms with E-state index in [4.69, 9.17) is 4.98 Å². The number of para-hydroxylation sites is 3. The van der Waals surface area contributed by atoms with Crippen molar-refractivity contribution in [2.75, 3.05) is 0 Å². The second-order valence-corrected chi connectivity index (χ2v) is 11.2. The van der Waals surface area contributed by atoms with Crippen molar-refractivity contribution in [2.24, 2.45) is 0 Å². The first-order valence-corrected chi connectivity index (χ1v) is 14.5. The summed E-state index contributed by atoms with van der Waals surface area (Å²) in [4.78, 5) is 9.15. The molecule has 10 rings (SSSR count). The number of nitrogens with zero attached hydrogens (tertiary/aromatic N) is 5. The Bertz CT molecular complexity index is 2710. The molecule has 0 bridgehead atoms. The number of hydrogen-bond donors (Lipinski definition) is 0. The Labute approximate surface area is 245 Å². The van der Waals surface area contributed by atoms with Crippen molar-refractivity contribution in [1.82, 2.24) is 23.5 Å². The minimum Gasteiger partial charge on any atom is -0.309 e. The van der Waals surface area contributed by atoms with Crippen LogP contribution in [-0.4, -0.2) is 23.5 Å². The third-order valence-corrected chi connectivity index (χ3v) is 8.96. The Balaban J connectivity index is 1.45. The molecule has 0 saturated heterocycles. The van der Waals surface area contributed by atoms with E-state index >= 15 is 0 Å². The number of pyridine rings is 2. The van der Waals surface area contributed by atoms with Gasteiger partial charge in [0.1, 0.15) is 5.65 Å². The predicted octanol–water partition coefficient (Wildman–Crippen LogP) is 9.23. The highest BCUT2D eigenvalue weighted by Crippen LogP contribution is 2.41. The Morgan fingerprint density at radius 1 is 0.419 bits per heavy atom. The molecular weight excluding hydrogens is 526 g/mol. The molecule has 0 aliphatic carbocycles. The fraction of sp³-hybridized carbons (Fsp3) is 0. The summed E-state index contributed by atoms with van der Waals surface area (Å²) in [5.41, 5.74) is 9.13. The van der Waals surface area contributed by atoms with E-state index < -0.39 is 0 Å². The highest BCUT2D eigenvalue weighted by Gasteiger charge is 2.20. The Morgan fingerprint density at radius 3 is 1.67 bits per heavy atom. The number of hydrogen-bond acceptors (Lipinski definition) is 2. The van der Waals surface area contributed by atoms with Crippen LogP contribution in [0, 0.1) is 0 Å². The lowest BCUT2D eigenvalue weighted by molar-refractivity contribution is 1.17. The topological polar surface area (TPSA) is 40.0 Å². The molecule has 5 heteroatoms. The van der Waals surface area contributed by atoms with Gasteiger partial charge in [0, 0.05) is 68.5 Å². The fourth-order valence-corrected chi connectivity index (χ4v) is 7.14. The van der Waals surface area contributed by atoms with Crippen LogP contribution < -0.4 is 0 Å². The van der Waals surface area contributed by atoms with Gasteiger partial charge in [-0.3, -0.25) is 9.38 Å². The minimum absolute atomic E-state index is 0.924. The van der Waals surface area contributed by atoms with Crippen molar-refractivity contribution in [3.8, 4) is 11.4 Å². The van der Waals surface area contributed by atoms with E-state index in [1.807, 2.05) is 18.6 Å². The summed E-state index contributed by atoms with van der Waals surface area (Å²) in [6.45, 7) is 0. The molecule has 0 unspecified atom stereocenters. The van der Waals surface area contributed by atoms with Crippen molar-refractivity contribution >= 4 is 70.9 Å². The summed E-state index contributed by atoms with van der Waals surface area (Å²) in [7, 11) is 0. The number of aromatic nitrogens is 5. The average Bonchev–Trinajstić information content (AvgIpc) is 3.77. The van der Waals surface area contributed by atoms with Gasteiger partial charge in [0.05, 0.1) is 27.6 Å². The predicted molar refractivity (Wildman–Crippen MR) is 177 cm³/mol. The molecule has 0 fully saturated rings. The smallest absolute Gasteiger partial charge is 0.146 e. The summed E-state index contributed by atoms with van der Waals surface area (Å²) in [6.07, 6.45) is 7.73. The van der Waals surface area contributed by atoms with E-state index in [-0.39, 0.29) is 0 Å². The van der Waals surface area contributed by atoms with Crippen LogP contribution >= 0.6 is 0 Å². The van der Waals surface area contributed by atoms with E-state index in [0.29, 0.717) is 0 Å². The van der Waals surface area contributed by atoms with Crippen LogP contribution in [0.2, 0.25) is 0 Å². The van der Waals surface area contributed by atoms with E-state index in [1.54, 1.807) is 0 Å². The molecule has 5 aromatic carbocycles. The van der Waals surface area contributed by atoms with Crippen molar-refractivity contribution in [3.63, 3.8) is 0 Å². The van der Waals surface area contributed by atoms with Gasteiger partial charge in [-0.25, -0.2) is 4.98 Å². The number of benzene rings is 5. The molecular formula is C38H23N5. The third-order valence-electron chi connectivity index (χ3n) is 8.96. The van der Waals surface area contributed by atoms with Crippen LogP contribution in [0.5, 0.6) is 0 Å². The molecule has 5 nitrogen and oxygen atoms in total. The maximum atomic E-state index is 4.72. The second-order valence-electron chi connectivity index (χ2n) is 11.2. The monoisotopic (exact) mass is 549 g/mol. The molecule has 0 radical (unpaired) electrons. The van der Waals surface area contributed by atoms with Gasteiger partial charge in [-0.15, -0.1) is 0 Å². The molecule has 5 heterocycles. The van der Waals surface area contributed by atoms with Crippen LogP contribution in [0.25, 0.3) is 82.3 Å². The Morgan fingerprint density at radius 2 is 0.977 bits per heavy atom. The molecule has 0 amide bonds. The molecule has 43 heavy (non-hydrogen) atoms. The Kier molecular flexibility index (Phi) is 4.39. The largest absolute Gasteiger partial charge is 0.309 e. The summed E-state index contributed by atoms with van der Waals surface area (Å²) >= 11 is 0. The van der Waals surface area contributed by atoms with Crippen LogP contribution in [0.4, 0.5) is 0 Å². The second kappa shape index (κ2) is 8.30. The highest BCUT2D eigenvalue weighted by atomic mass is 15.0. The summed E-state index contributed by atoms with van der Waals surface area (Å²) in [5.74, 6) is 0. The quantitative estimate of drug-likeness (QED) is 0.202. The van der Waals surface area contributed by atoms with Gasteiger partial charge in [0.15, 0.2) is 0 Å². The van der Waals surface area contributed by atoms with E-state index in [1.165, 1.54) is 49.0 Å². The minimum atomic E-state index is 0.924. The highest BCUT2D eigenvalue weighted by molar-refractivity contribution is 6.22. The van der Waals surface area contributed by atoms with Crippen LogP contribution in [-0.2, 0) is 0 Å². The van der Waals surface area contributed by atoms with Crippen LogP contribution in [0.1, 0.15) is 0 Å². The lowest BCUT2D eigenvalue weighted by Gasteiger charge is -2.11. The Hall–Kier alpha value is -5.94. The SMILES string of the molecule is c1ccc(-n2c3ccccc3c3cc4c(cc32)c2cc3c(cc2n4-c2ccccc2)c2ccncc2c2nccn32)cc1. The van der Waals surface area contributed by atoms with E-state index in [0.717, 1.165) is 33.3 Å². The zero-order valence-electron chi connectivity index (χ0n) is 23.0. The van der Waals surface area contributed by atoms with Crippen molar-refractivity contribution < 1.29 is 0 Å². The van der Waals surface area contributed by atoms with Gasteiger partial charge in [-0.05, 0) is 66.0 Å². The molecule has 0 aliphatic rings. The summed E-state index contributed by atoms with van der Waals surface area (Å²) < 4.78 is 7.01. The standard InChI is InChI=1S/C38H23N5/c1-3-9-24(10-4-1)42-33-14-8-7-13-27(33)29-21-37-31(22-35(29)42)30-19-34-28(20-36(30)43(37)25-11-5-2-6-12-25)26-15-16-39-23-32(26)38-40-17-18-41(34)38/h1-23H. The van der Waals surface area contributed by atoms with Crippen molar-refractivity contribution in [1.29, 1.82) is 0 Å². The lowest BCUT2D eigenvalue weighted by atomic mass is 10.0. The maximum absolute atomic E-state index is 4.72. The van der Waals surface area contributed by atoms with Gasteiger partial charge in [0.2, 0.25) is 0 Å². The zero-order chi connectivity index (χ0) is 28.1. The van der Waals surface area contributed by atoms with Crippen LogP contribution in [0.3, 0.4) is 0 Å². The first-order chi connectivity index (χ1) is 21.3. The third kappa shape index (κ3) is 3.00. The number of imidazole rings is 1. The molecule has 0 atom stereocenters. The number of rotatable bonds is 2. The van der Waals surface area contributed by atoms with Gasteiger partial charge in [0.25, 0.3) is 0 Å². The summed E-state index contributed by atoms with van der Waals surface area (Å²) in [6, 6.07) is 41.7. The molecule has 200 valence electrons. The van der Waals surface area contributed by atoms with Gasteiger partial charge in [-0.2, -0.15) is 0 Å². The zero-order valence-corrected chi connectivity index (χ0v) is 23.0.